The maximum absolute atomic E-state index is 12.3. The van der Waals surface area contributed by atoms with Gasteiger partial charge in [0.1, 0.15) is 6.33 Å². The van der Waals surface area contributed by atoms with Crippen LogP contribution in [-0.2, 0) is 16.1 Å². The van der Waals surface area contributed by atoms with E-state index < -0.39 is 6.09 Å². The second-order valence-corrected chi connectivity index (χ2v) is 8.05. The molecule has 0 aliphatic carbocycles. The van der Waals surface area contributed by atoms with E-state index in [1.165, 1.54) is 24.4 Å². The summed E-state index contributed by atoms with van der Waals surface area (Å²) in [4.78, 5) is 23.5. The number of amides is 2. The molecule has 0 unspecified atom stereocenters. The Hall–Kier alpha value is -3.33. The Morgan fingerprint density at radius 3 is 2.45 bits per heavy atom. The molecule has 1 aromatic heterocycles. The fraction of sp³-hybridized carbons (Fsp3) is 0.273. The number of ether oxygens (including phenoxy) is 1. The molecule has 1 heterocycles. The van der Waals surface area contributed by atoms with Gasteiger partial charge in [-0.3, -0.25) is 14.7 Å². The van der Waals surface area contributed by atoms with Crippen molar-refractivity contribution in [1.82, 2.24) is 20.1 Å². The second kappa shape index (κ2) is 10.6. The first kappa shape index (κ1) is 22.4. The van der Waals surface area contributed by atoms with Gasteiger partial charge in [0.25, 0.3) is 0 Å². The van der Waals surface area contributed by atoms with Crippen LogP contribution in [0.4, 0.5) is 10.5 Å². The van der Waals surface area contributed by atoms with Gasteiger partial charge in [-0.05, 0) is 41.3 Å². The summed E-state index contributed by atoms with van der Waals surface area (Å²) in [6.07, 6.45) is 1.12. The van der Waals surface area contributed by atoms with Crippen molar-refractivity contribution in [2.24, 2.45) is 0 Å². The average Bonchev–Trinajstić information content (AvgIpc) is 3.25. The average molecular weight is 440 g/mol. The predicted octanol–water partition coefficient (Wildman–Crippen LogP) is 3.98. The predicted molar refractivity (Wildman–Crippen MR) is 120 cm³/mol. The minimum atomic E-state index is -0.526. The van der Waals surface area contributed by atoms with E-state index in [2.05, 4.69) is 51.5 Å². The monoisotopic (exact) mass is 439 g/mol. The van der Waals surface area contributed by atoms with E-state index in [0.717, 1.165) is 11.3 Å². The molecule has 3 aromatic rings. The van der Waals surface area contributed by atoms with Crippen LogP contribution in [0.3, 0.4) is 0 Å². The summed E-state index contributed by atoms with van der Waals surface area (Å²) in [7, 11) is 1.31. The largest absolute Gasteiger partial charge is 0.453 e. The molecule has 0 aliphatic heterocycles. The van der Waals surface area contributed by atoms with E-state index in [4.69, 9.17) is 0 Å². The molecular formula is C22H25N5O3S. The van der Waals surface area contributed by atoms with Crippen LogP contribution < -0.4 is 10.6 Å². The highest BCUT2D eigenvalue weighted by atomic mass is 32.2. The third-order valence-electron chi connectivity index (χ3n) is 4.56. The summed E-state index contributed by atoms with van der Waals surface area (Å²) in [6, 6.07) is 15.4. The van der Waals surface area contributed by atoms with Gasteiger partial charge in [-0.15, -0.1) is 10.2 Å². The lowest BCUT2D eigenvalue weighted by Crippen LogP contribution is -2.24. The molecule has 0 bridgehead atoms. The summed E-state index contributed by atoms with van der Waals surface area (Å²) >= 11 is 1.33. The normalized spacial score (nSPS) is 10.7. The van der Waals surface area contributed by atoms with Crippen LogP contribution in [-0.4, -0.2) is 39.6 Å². The van der Waals surface area contributed by atoms with Gasteiger partial charge in [0.2, 0.25) is 5.91 Å². The van der Waals surface area contributed by atoms with Crippen LogP contribution in [0.2, 0.25) is 0 Å². The third kappa shape index (κ3) is 6.32. The summed E-state index contributed by atoms with van der Waals surface area (Å²) in [5.74, 6) is 0.587. The Bertz CT molecular complexity index is 1020. The Balaban J connectivity index is 1.50. The summed E-state index contributed by atoms with van der Waals surface area (Å²) in [6.45, 7) is 4.70. The fourth-order valence-electron chi connectivity index (χ4n) is 2.78. The number of methoxy groups -OCH3 is 1. The Kier molecular flexibility index (Phi) is 7.66. The van der Waals surface area contributed by atoms with Crippen LogP contribution in [0.15, 0.2) is 60.0 Å². The minimum absolute atomic E-state index is 0.105. The lowest BCUT2D eigenvalue weighted by Gasteiger charge is -2.09. The van der Waals surface area contributed by atoms with Crippen molar-refractivity contribution in [2.45, 2.75) is 31.5 Å². The van der Waals surface area contributed by atoms with E-state index in [1.807, 2.05) is 28.8 Å². The maximum Gasteiger partial charge on any atom is 0.411 e. The van der Waals surface area contributed by atoms with E-state index in [9.17, 15) is 9.59 Å². The van der Waals surface area contributed by atoms with Crippen molar-refractivity contribution in [3.63, 3.8) is 0 Å². The minimum Gasteiger partial charge on any atom is -0.453 e. The number of carbonyl (C=O) groups is 2. The molecule has 0 saturated carbocycles. The van der Waals surface area contributed by atoms with E-state index in [-0.39, 0.29) is 11.7 Å². The molecule has 9 heteroatoms. The number of nitrogens with zero attached hydrogens (tertiary/aromatic N) is 3. The Morgan fingerprint density at radius 1 is 1.10 bits per heavy atom. The van der Waals surface area contributed by atoms with E-state index in [0.29, 0.717) is 23.3 Å². The van der Waals surface area contributed by atoms with Gasteiger partial charge in [0.05, 0.1) is 12.9 Å². The third-order valence-corrected chi connectivity index (χ3v) is 5.51. The Labute approximate surface area is 185 Å². The summed E-state index contributed by atoms with van der Waals surface area (Å²) < 4.78 is 6.42. The van der Waals surface area contributed by atoms with Gasteiger partial charge >= 0.3 is 6.09 Å². The highest BCUT2D eigenvalue weighted by Crippen LogP contribution is 2.21. The number of hydrogen-bond donors (Lipinski definition) is 2. The van der Waals surface area contributed by atoms with E-state index >= 15 is 0 Å². The number of rotatable bonds is 8. The first-order valence-corrected chi connectivity index (χ1v) is 10.8. The number of benzene rings is 2. The number of hydrogen-bond acceptors (Lipinski definition) is 6. The molecule has 0 aliphatic rings. The van der Waals surface area contributed by atoms with Gasteiger partial charge in [0.15, 0.2) is 5.16 Å². The molecule has 3 rings (SSSR count). The molecule has 162 valence electrons. The Morgan fingerprint density at radius 2 is 1.81 bits per heavy atom. The van der Waals surface area contributed by atoms with Crippen LogP contribution in [0, 0.1) is 0 Å². The first-order chi connectivity index (χ1) is 15.0. The lowest BCUT2D eigenvalue weighted by atomic mass is 10.0. The maximum atomic E-state index is 12.3. The number of carbonyl (C=O) groups excluding carboxylic acids is 2. The molecule has 0 fully saturated rings. The van der Waals surface area contributed by atoms with Crippen molar-refractivity contribution in [3.8, 4) is 5.69 Å². The molecule has 0 radical (unpaired) electrons. The molecule has 0 atom stereocenters. The van der Waals surface area contributed by atoms with E-state index in [1.54, 1.807) is 18.5 Å². The fourth-order valence-corrected chi connectivity index (χ4v) is 3.54. The van der Waals surface area contributed by atoms with Gasteiger partial charge in [0, 0.05) is 17.9 Å². The molecule has 0 saturated heterocycles. The topological polar surface area (TPSA) is 98.1 Å². The van der Waals surface area contributed by atoms with Gasteiger partial charge in [-0.2, -0.15) is 0 Å². The van der Waals surface area contributed by atoms with Crippen molar-refractivity contribution in [2.75, 3.05) is 18.2 Å². The molecule has 8 nitrogen and oxygen atoms in total. The zero-order chi connectivity index (χ0) is 22.2. The van der Waals surface area contributed by atoms with Gasteiger partial charge < -0.3 is 10.1 Å². The number of thioether (sulfide) groups is 1. The smallest absolute Gasteiger partial charge is 0.411 e. The van der Waals surface area contributed by atoms with Gasteiger partial charge in [-0.25, -0.2) is 4.79 Å². The molecular weight excluding hydrogens is 414 g/mol. The number of nitrogens with one attached hydrogen (secondary N) is 2. The standard InChI is InChI=1S/C22H25N5O3S/c1-15(2)17-6-10-19(11-7-17)27-14-24-26-21(27)31-13-20(28)23-12-16-4-8-18(9-5-16)25-22(29)30-3/h4-11,14-15H,12-13H2,1-3H3,(H,23,28)(H,25,29). The van der Waals surface area contributed by atoms with Crippen molar-refractivity contribution < 1.29 is 14.3 Å². The molecule has 31 heavy (non-hydrogen) atoms. The molecule has 2 N–H and O–H groups in total. The van der Waals surface area contributed by atoms with Crippen molar-refractivity contribution in [3.05, 3.63) is 66.0 Å². The number of aromatic nitrogens is 3. The van der Waals surface area contributed by atoms with Gasteiger partial charge in [-0.1, -0.05) is 49.9 Å². The summed E-state index contributed by atoms with van der Waals surface area (Å²) in [5, 5.41) is 14.2. The summed E-state index contributed by atoms with van der Waals surface area (Å²) in [5.41, 5.74) is 3.76. The zero-order valence-electron chi connectivity index (χ0n) is 17.7. The van der Waals surface area contributed by atoms with Crippen molar-refractivity contribution >= 4 is 29.4 Å². The van der Waals surface area contributed by atoms with Crippen LogP contribution >= 0.6 is 11.8 Å². The van der Waals surface area contributed by atoms with Crippen LogP contribution in [0.25, 0.3) is 5.69 Å². The highest BCUT2D eigenvalue weighted by molar-refractivity contribution is 7.99. The van der Waals surface area contributed by atoms with Crippen LogP contribution in [0.1, 0.15) is 30.9 Å². The van der Waals surface area contributed by atoms with Crippen LogP contribution in [0.5, 0.6) is 0 Å². The second-order valence-electron chi connectivity index (χ2n) is 7.11. The molecule has 2 amide bonds. The lowest BCUT2D eigenvalue weighted by molar-refractivity contribution is -0.118. The van der Waals surface area contributed by atoms with Crippen molar-refractivity contribution in [1.29, 1.82) is 0 Å². The highest BCUT2D eigenvalue weighted by Gasteiger charge is 2.11. The quantitative estimate of drug-likeness (QED) is 0.515. The zero-order valence-corrected chi connectivity index (χ0v) is 18.5. The number of anilines is 1. The SMILES string of the molecule is COC(=O)Nc1ccc(CNC(=O)CSc2nncn2-c2ccc(C(C)C)cc2)cc1. The first-order valence-electron chi connectivity index (χ1n) is 9.80. The molecule has 0 spiro atoms. The molecule has 2 aromatic carbocycles.